The normalized spacial score (nSPS) is 13.6. The molecule has 0 fully saturated rings. The zero-order valence-electron chi connectivity index (χ0n) is 13.0. The largest absolute Gasteiger partial charge is 0.491 e. The van der Waals surface area contributed by atoms with Gasteiger partial charge in [-0.1, -0.05) is 19.1 Å². The number of halogens is 2. The van der Waals surface area contributed by atoms with Gasteiger partial charge < -0.3 is 15.2 Å². The van der Waals surface area contributed by atoms with Crippen molar-refractivity contribution in [2.24, 2.45) is 0 Å². The Kier molecular flexibility index (Phi) is 6.50. The number of hydrogen-bond acceptors (Lipinski definition) is 3. The first-order valence-electron chi connectivity index (χ1n) is 7.57. The number of benzene rings is 2. The van der Waals surface area contributed by atoms with Crippen molar-refractivity contribution in [2.45, 2.75) is 18.9 Å². The summed E-state index contributed by atoms with van der Waals surface area (Å²) in [5, 5.41) is 13.0. The minimum absolute atomic E-state index is 0.129. The van der Waals surface area contributed by atoms with Gasteiger partial charge in [-0.05, 0) is 47.9 Å². The molecule has 0 spiro atoms. The third-order valence-electron chi connectivity index (χ3n) is 3.53. The lowest BCUT2D eigenvalue weighted by molar-refractivity contribution is 0.106. The van der Waals surface area contributed by atoms with Crippen LogP contribution in [0.2, 0.25) is 0 Å². The molecule has 0 saturated heterocycles. The van der Waals surface area contributed by atoms with Crippen LogP contribution in [0.5, 0.6) is 5.75 Å². The van der Waals surface area contributed by atoms with Gasteiger partial charge in [0.2, 0.25) is 0 Å². The third kappa shape index (κ3) is 5.96. The molecule has 0 amide bonds. The van der Waals surface area contributed by atoms with Gasteiger partial charge >= 0.3 is 0 Å². The van der Waals surface area contributed by atoms with Crippen LogP contribution in [0.15, 0.2) is 48.5 Å². The molecule has 0 aromatic heterocycles. The summed E-state index contributed by atoms with van der Waals surface area (Å²) in [6.07, 6.45) is -0.666. The SMILES string of the molecule is CC(CNCC(O)COc1ccc(F)cc1)c1ccc(F)cc1. The molecule has 0 saturated carbocycles. The van der Waals surface area contributed by atoms with E-state index in [1.54, 1.807) is 12.1 Å². The smallest absolute Gasteiger partial charge is 0.123 e. The molecule has 2 atom stereocenters. The highest BCUT2D eigenvalue weighted by Gasteiger charge is 2.08. The van der Waals surface area contributed by atoms with Crippen LogP contribution in [0.1, 0.15) is 18.4 Å². The second-order valence-corrected chi connectivity index (χ2v) is 5.53. The molecule has 124 valence electrons. The molecule has 0 aliphatic heterocycles. The number of ether oxygens (including phenoxy) is 1. The fraction of sp³-hybridized carbons (Fsp3) is 0.333. The van der Waals surface area contributed by atoms with Gasteiger partial charge in [-0.3, -0.25) is 0 Å². The van der Waals surface area contributed by atoms with E-state index in [9.17, 15) is 13.9 Å². The third-order valence-corrected chi connectivity index (χ3v) is 3.53. The molecule has 2 aromatic carbocycles. The predicted molar refractivity (Wildman–Crippen MR) is 85.6 cm³/mol. The summed E-state index contributed by atoms with van der Waals surface area (Å²) in [4.78, 5) is 0. The van der Waals surface area contributed by atoms with Crippen LogP contribution < -0.4 is 10.1 Å². The van der Waals surface area contributed by atoms with Gasteiger partial charge in [0.25, 0.3) is 0 Å². The van der Waals surface area contributed by atoms with Gasteiger partial charge in [-0.15, -0.1) is 0 Å². The first-order valence-corrected chi connectivity index (χ1v) is 7.57. The van der Waals surface area contributed by atoms with Gasteiger partial charge in [0.15, 0.2) is 0 Å². The van der Waals surface area contributed by atoms with Crippen LogP contribution in [0.3, 0.4) is 0 Å². The standard InChI is InChI=1S/C18H21F2NO2/c1-13(14-2-4-15(19)5-3-14)10-21-11-17(22)12-23-18-8-6-16(20)7-9-18/h2-9,13,17,21-22H,10-12H2,1H3. The number of aliphatic hydroxyl groups excluding tert-OH is 1. The summed E-state index contributed by atoms with van der Waals surface area (Å²) in [7, 11) is 0. The lowest BCUT2D eigenvalue weighted by Crippen LogP contribution is -2.33. The average molecular weight is 321 g/mol. The average Bonchev–Trinajstić information content (AvgIpc) is 2.55. The summed E-state index contributed by atoms with van der Waals surface area (Å²) >= 11 is 0. The van der Waals surface area contributed by atoms with E-state index in [1.165, 1.54) is 36.4 Å². The highest BCUT2D eigenvalue weighted by molar-refractivity contribution is 5.22. The maximum Gasteiger partial charge on any atom is 0.123 e. The van der Waals surface area contributed by atoms with Crippen molar-refractivity contribution in [3.8, 4) is 5.75 Å². The fourth-order valence-corrected chi connectivity index (χ4v) is 2.16. The minimum Gasteiger partial charge on any atom is -0.491 e. The van der Waals surface area contributed by atoms with E-state index in [-0.39, 0.29) is 24.2 Å². The number of aliphatic hydroxyl groups is 1. The topological polar surface area (TPSA) is 41.5 Å². The van der Waals surface area contributed by atoms with Crippen molar-refractivity contribution in [1.82, 2.24) is 5.32 Å². The summed E-state index contributed by atoms with van der Waals surface area (Å²) in [5.41, 5.74) is 1.04. The Labute approximate surface area is 134 Å². The number of hydrogen-bond donors (Lipinski definition) is 2. The van der Waals surface area contributed by atoms with Crippen LogP contribution in [0.4, 0.5) is 8.78 Å². The van der Waals surface area contributed by atoms with E-state index < -0.39 is 6.10 Å². The Morgan fingerprint density at radius 3 is 2.13 bits per heavy atom. The molecule has 3 nitrogen and oxygen atoms in total. The molecule has 0 aliphatic carbocycles. The Hall–Kier alpha value is -1.98. The Bertz CT molecular complexity index is 587. The molecular formula is C18H21F2NO2. The van der Waals surface area contributed by atoms with Gasteiger partial charge in [-0.2, -0.15) is 0 Å². The van der Waals surface area contributed by atoms with Gasteiger partial charge in [0, 0.05) is 13.1 Å². The van der Waals surface area contributed by atoms with Gasteiger partial charge in [0.05, 0.1) is 0 Å². The van der Waals surface area contributed by atoms with E-state index in [0.29, 0.717) is 18.8 Å². The second-order valence-electron chi connectivity index (χ2n) is 5.53. The molecule has 0 bridgehead atoms. The van der Waals surface area contributed by atoms with Crippen molar-refractivity contribution in [1.29, 1.82) is 0 Å². The maximum absolute atomic E-state index is 12.9. The quantitative estimate of drug-likeness (QED) is 0.785. The number of rotatable bonds is 8. The molecule has 0 radical (unpaired) electrons. The summed E-state index contributed by atoms with van der Waals surface area (Å²) < 4.78 is 31.0. The van der Waals surface area contributed by atoms with Crippen molar-refractivity contribution >= 4 is 0 Å². The zero-order valence-corrected chi connectivity index (χ0v) is 13.0. The van der Waals surface area contributed by atoms with Crippen molar-refractivity contribution in [3.05, 3.63) is 65.7 Å². The van der Waals surface area contributed by atoms with Crippen LogP contribution in [0, 0.1) is 11.6 Å². The van der Waals surface area contributed by atoms with E-state index in [1.807, 2.05) is 6.92 Å². The molecule has 0 aliphatic rings. The summed E-state index contributed by atoms with van der Waals surface area (Å²) in [6.45, 7) is 3.21. The first kappa shape index (κ1) is 17.4. The first-order chi connectivity index (χ1) is 11.0. The van der Waals surface area contributed by atoms with Crippen molar-refractivity contribution in [3.63, 3.8) is 0 Å². The molecule has 5 heteroatoms. The van der Waals surface area contributed by atoms with Gasteiger partial charge in [-0.25, -0.2) is 8.78 Å². The molecular weight excluding hydrogens is 300 g/mol. The van der Waals surface area contributed by atoms with Crippen LogP contribution in [-0.2, 0) is 0 Å². The van der Waals surface area contributed by atoms with Crippen molar-refractivity contribution in [2.75, 3.05) is 19.7 Å². The summed E-state index contributed by atoms with van der Waals surface area (Å²) in [6, 6.07) is 12.1. The lowest BCUT2D eigenvalue weighted by Gasteiger charge is -2.16. The van der Waals surface area contributed by atoms with E-state index in [4.69, 9.17) is 4.74 Å². The fourth-order valence-electron chi connectivity index (χ4n) is 2.16. The molecule has 2 aromatic rings. The second kappa shape index (κ2) is 8.60. The minimum atomic E-state index is -0.666. The maximum atomic E-state index is 12.9. The van der Waals surface area contributed by atoms with Crippen LogP contribution in [-0.4, -0.2) is 30.9 Å². The molecule has 2 N–H and O–H groups in total. The Morgan fingerprint density at radius 2 is 1.52 bits per heavy atom. The van der Waals surface area contributed by atoms with Crippen molar-refractivity contribution < 1.29 is 18.6 Å². The van der Waals surface area contributed by atoms with E-state index in [2.05, 4.69) is 5.32 Å². The van der Waals surface area contributed by atoms with Crippen LogP contribution in [0.25, 0.3) is 0 Å². The molecule has 23 heavy (non-hydrogen) atoms. The number of nitrogens with one attached hydrogen (secondary N) is 1. The molecule has 2 rings (SSSR count). The Balaban J connectivity index is 1.67. The zero-order chi connectivity index (χ0) is 16.7. The Morgan fingerprint density at radius 1 is 0.957 bits per heavy atom. The molecule has 2 unspecified atom stereocenters. The van der Waals surface area contributed by atoms with E-state index in [0.717, 1.165) is 5.56 Å². The predicted octanol–water partition coefficient (Wildman–Crippen LogP) is 3.10. The monoisotopic (exact) mass is 321 g/mol. The van der Waals surface area contributed by atoms with Gasteiger partial charge in [0.1, 0.15) is 30.1 Å². The lowest BCUT2D eigenvalue weighted by atomic mass is 10.0. The molecule has 0 heterocycles. The highest BCUT2D eigenvalue weighted by atomic mass is 19.1. The highest BCUT2D eigenvalue weighted by Crippen LogP contribution is 2.14. The summed E-state index contributed by atoms with van der Waals surface area (Å²) in [5.74, 6) is 0.155. The van der Waals surface area contributed by atoms with E-state index >= 15 is 0 Å². The van der Waals surface area contributed by atoms with Crippen LogP contribution >= 0.6 is 0 Å².